The van der Waals surface area contributed by atoms with Gasteiger partial charge in [-0.25, -0.2) is 9.07 Å². The van der Waals surface area contributed by atoms with Crippen LogP contribution >= 0.6 is 0 Å². The highest BCUT2D eigenvalue weighted by Gasteiger charge is 2.28. The summed E-state index contributed by atoms with van der Waals surface area (Å²) in [6.07, 6.45) is 4.31. The number of carbonyl (C=O) groups is 1. The monoisotopic (exact) mass is 329 g/mol. The first-order valence-electron chi connectivity index (χ1n) is 8.39. The number of hydrogen-bond donors (Lipinski definition) is 0. The van der Waals surface area contributed by atoms with Crippen LogP contribution < -0.4 is 0 Å². The fraction of sp³-hybridized carbons (Fsp3) is 0.471. The molecule has 1 amide bonds. The number of benzene rings is 1. The Morgan fingerprint density at radius 1 is 1.12 bits per heavy atom. The largest absolute Gasteiger partial charge is 0.335 e. The molecular formula is C17H20FN5O. The maximum atomic E-state index is 13.0. The summed E-state index contributed by atoms with van der Waals surface area (Å²) in [6, 6.07) is 5.93. The van der Waals surface area contributed by atoms with Gasteiger partial charge in [-0.05, 0) is 43.0 Å². The molecule has 1 saturated heterocycles. The van der Waals surface area contributed by atoms with Crippen molar-refractivity contribution >= 4 is 5.91 Å². The second kappa shape index (κ2) is 6.32. The quantitative estimate of drug-likeness (QED) is 0.854. The predicted octanol–water partition coefficient (Wildman–Crippen LogP) is 1.57. The Bertz CT molecular complexity index is 717. The van der Waals surface area contributed by atoms with Gasteiger partial charge < -0.3 is 4.90 Å². The van der Waals surface area contributed by atoms with Crippen LogP contribution in [0.2, 0.25) is 0 Å². The molecule has 126 valence electrons. The number of aromatic nitrogens is 3. The lowest BCUT2D eigenvalue weighted by Gasteiger charge is -2.34. The average molecular weight is 329 g/mol. The first-order valence-corrected chi connectivity index (χ1v) is 8.39. The van der Waals surface area contributed by atoms with Gasteiger partial charge in [0.1, 0.15) is 5.82 Å². The van der Waals surface area contributed by atoms with E-state index in [0.717, 1.165) is 32.1 Å². The van der Waals surface area contributed by atoms with Gasteiger partial charge in [0, 0.05) is 32.7 Å². The number of halogens is 1. The van der Waals surface area contributed by atoms with Crippen molar-refractivity contribution in [2.45, 2.75) is 12.8 Å². The molecule has 0 spiro atoms. The summed E-state index contributed by atoms with van der Waals surface area (Å²) in [5.41, 5.74) is 1.01. The van der Waals surface area contributed by atoms with E-state index in [1.54, 1.807) is 18.3 Å². The van der Waals surface area contributed by atoms with E-state index in [2.05, 4.69) is 15.2 Å². The zero-order valence-electron chi connectivity index (χ0n) is 13.4. The molecule has 2 aromatic rings. The summed E-state index contributed by atoms with van der Waals surface area (Å²) < 4.78 is 14.5. The van der Waals surface area contributed by atoms with Gasteiger partial charge in [0.15, 0.2) is 5.69 Å². The number of hydrogen-bond acceptors (Lipinski definition) is 4. The Balaban J connectivity index is 1.39. The lowest BCUT2D eigenvalue weighted by atomic mass is 10.2. The van der Waals surface area contributed by atoms with Gasteiger partial charge in [-0.15, -0.1) is 5.10 Å². The minimum Gasteiger partial charge on any atom is -0.335 e. The van der Waals surface area contributed by atoms with Crippen LogP contribution in [-0.4, -0.2) is 63.4 Å². The van der Waals surface area contributed by atoms with Crippen LogP contribution in [0, 0.1) is 11.7 Å². The Hall–Kier alpha value is -2.28. The Labute approximate surface area is 139 Å². The number of amides is 1. The molecule has 0 N–H and O–H groups in total. The van der Waals surface area contributed by atoms with Crippen molar-refractivity contribution in [1.29, 1.82) is 0 Å². The van der Waals surface area contributed by atoms with Gasteiger partial charge in [0.2, 0.25) is 0 Å². The molecule has 24 heavy (non-hydrogen) atoms. The molecule has 7 heteroatoms. The predicted molar refractivity (Wildman–Crippen MR) is 86.4 cm³/mol. The van der Waals surface area contributed by atoms with Gasteiger partial charge in [-0.1, -0.05) is 5.21 Å². The lowest BCUT2D eigenvalue weighted by molar-refractivity contribution is 0.0626. The Morgan fingerprint density at radius 3 is 2.50 bits per heavy atom. The second-order valence-corrected chi connectivity index (χ2v) is 6.56. The number of carbonyl (C=O) groups excluding carboxylic acids is 1. The summed E-state index contributed by atoms with van der Waals surface area (Å²) >= 11 is 0. The number of rotatable bonds is 4. The van der Waals surface area contributed by atoms with E-state index >= 15 is 0 Å². The molecule has 2 aliphatic rings. The molecule has 0 atom stereocenters. The second-order valence-electron chi connectivity index (χ2n) is 6.56. The first kappa shape index (κ1) is 15.3. The fourth-order valence-corrected chi connectivity index (χ4v) is 3.04. The third-order valence-electron chi connectivity index (χ3n) is 4.68. The molecule has 1 aromatic carbocycles. The van der Waals surface area contributed by atoms with Crippen molar-refractivity contribution in [3.8, 4) is 5.69 Å². The molecule has 1 saturated carbocycles. The summed E-state index contributed by atoms with van der Waals surface area (Å²) in [5.74, 6) is 0.483. The van der Waals surface area contributed by atoms with Crippen LogP contribution in [0.4, 0.5) is 4.39 Å². The topological polar surface area (TPSA) is 54.3 Å². The average Bonchev–Trinajstić information content (AvgIpc) is 3.28. The van der Waals surface area contributed by atoms with E-state index in [1.165, 1.54) is 36.2 Å². The van der Waals surface area contributed by atoms with Crippen molar-refractivity contribution in [2.75, 3.05) is 32.7 Å². The van der Waals surface area contributed by atoms with Crippen molar-refractivity contribution in [1.82, 2.24) is 24.8 Å². The molecule has 2 heterocycles. The summed E-state index contributed by atoms with van der Waals surface area (Å²) in [6.45, 7) is 4.48. The van der Waals surface area contributed by atoms with E-state index in [-0.39, 0.29) is 11.7 Å². The van der Waals surface area contributed by atoms with E-state index in [4.69, 9.17) is 0 Å². The molecule has 0 unspecified atom stereocenters. The summed E-state index contributed by atoms with van der Waals surface area (Å²) in [7, 11) is 0. The molecule has 2 fully saturated rings. The van der Waals surface area contributed by atoms with Gasteiger partial charge in [-0.2, -0.15) is 0 Å². The van der Waals surface area contributed by atoms with Crippen LogP contribution in [0.3, 0.4) is 0 Å². The minimum absolute atomic E-state index is 0.0885. The molecule has 0 bridgehead atoms. The van der Waals surface area contributed by atoms with Crippen LogP contribution in [-0.2, 0) is 0 Å². The standard InChI is InChI=1S/C17H20FN5O/c18-14-3-5-15(6-4-14)23-12-16(19-20-23)17(24)22-9-7-21(8-10-22)11-13-1-2-13/h3-6,12-13H,1-2,7-11H2. The van der Waals surface area contributed by atoms with Gasteiger partial charge in [-0.3, -0.25) is 9.69 Å². The smallest absolute Gasteiger partial charge is 0.276 e. The molecule has 4 rings (SSSR count). The highest BCUT2D eigenvalue weighted by Crippen LogP contribution is 2.29. The molecule has 0 radical (unpaired) electrons. The van der Waals surface area contributed by atoms with E-state index in [0.29, 0.717) is 11.4 Å². The molecule has 1 aliphatic heterocycles. The maximum Gasteiger partial charge on any atom is 0.276 e. The van der Waals surface area contributed by atoms with Crippen molar-refractivity contribution < 1.29 is 9.18 Å². The molecule has 1 aromatic heterocycles. The highest BCUT2D eigenvalue weighted by atomic mass is 19.1. The highest BCUT2D eigenvalue weighted by molar-refractivity contribution is 5.92. The molecule has 1 aliphatic carbocycles. The zero-order chi connectivity index (χ0) is 16.5. The normalized spacial score (nSPS) is 18.8. The van der Waals surface area contributed by atoms with Crippen molar-refractivity contribution in [2.24, 2.45) is 5.92 Å². The third kappa shape index (κ3) is 3.31. The van der Waals surface area contributed by atoms with Gasteiger partial charge in [0.25, 0.3) is 5.91 Å². The Morgan fingerprint density at radius 2 is 1.83 bits per heavy atom. The van der Waals surface area contributed by atoms with Gasteiger partial charge >= 0.3 is 0 Å². The van der Waals surface area contributed by atoms with Crippen LogP contribution in [0.15, 0.2) is 30.5 Å². The minimum atomic E-state index is -0.306. The first-order chi connectivity index (χ1) is 11.7. The van der Waals surface area contributed by atoms with E-state index < -0.39 is 0 Å². The third-order valence-corrected chi connectivity index (χ3v) is 4.68. The van der Waals surface area contributed by atoms with Crippen molar-refractivity contribution in [3.63, 3.8) is 0 Å². The summed E-state index contributed by atoms with van der Waals surface area (Å²) in [5, 5.41) is 7.96. The van der Waals surface area contributed by atoms with E-state index in [9.17, 15) is 9.18 Å². The lowest BCUT2D eigenvalue weighted by Crippen LogP contribution is -2.49. The number of nitrogens with zero attached hydrogens (tertiary/aromatic N) is 5. The fourth-order valence-electron chi connectivity index (χ4n) is 3.04. The SMILES string of the molecule is O=C(c1cn(-c2ccc(F)cc2)nn1)N1CCN(CC2CC2)CC1. The Kier molecular flexibility index (Phi) is 4.02. The molecular weight excluding hydrogens is 309 g/mol. The van der Waals surface area contributed by atoms with Crippen LogP contribution in [0.1, 0.15) is 23.3 Å². The summed E-state index contributed by atoms with van der Waals surface area (Å²) in [4.78, 5) is 16.8. The van der Waals surface area contributed by atoms with Crippen molar-refractivity contribution in [3.05, 3.63) is 42.0 Å². The maximum absolute atomic E-state index is 13.0. The van der Waals surface area contributed by atoms with E-state index in [1.807, 2.05) is 4.90 Å². The molecule has 6 nitrogen and oxygen atoms in total. The van der Waals surface area contributed by atoms with Crippen LogP contribution in [0.5, 0.6) is 0 Å². The van der Waals surface area contributed by atoms with Crippen LogP contribution in [0.25, 0.3) is 5.69 Å². The van der Waals surface area contributed by atoms with Gasteiger partial charge in [0.05, 0.1) is 11.9 Å². The zero-order valence-corrected chi connectivity index (χ0v) is 13.4. The number of piperazine rings is 1.